The van der Waals surface area contributed by atoms with Gasteiger partial charge in [0.1, 0.15) is 11.3 Å². The summed E-state index contributed by atoms with van der Waals surface area (Å²) in [5.41, 5.74) is 7.18. The molecule has 0 aliphatic carbocycles. The first-order chi connectivity index (χ1) is 16.8. The lowest BCUT2D eigenvalue weighted by Gasteiger charge is -2.25. The van der Waals surface area contributed by atoms with E-state index in [4.69, 9.17) is 10.2 Å². The maximum absolute atomic E-state index is 13.3. The summed E-state index contributed by atoms with van der Waals surface area (Å²) in [6.07, 6.45) is 0.649. The number of fused-ring (bicyclic) bond motifs is 1. The molecule has 3 N–H and O–H groups in total. The smallest absolute Gasteiger partial charge is 0.330 e. The van der Waals surface area contributed by atoms with Crippen molar-refractivity contribution in [2.24, 2.45) is 5.92 Å². The topological polar surface area (TPSA) is 127 Å². The van der Waals surface area contributed by atoms with Gasteiger partial charge in [0.15, 0.2) is 11.3 Å². The van der Waals surface area contributed by atoms with E-state index in [1.165, 1.54) is 9.47 Å². The maximum atomic E-state index is 13.3. The molecule has 182 valence electrons. The van der Waals surface area contributed by atoms with Crippen molar-refractivity contribution in [3.8, 4) is 0 Å². The summed E-state index contributed by atoms with van der Waals surface area (Å²) in [6, 6.07) is 16.6. The molecule has 0 fully saturated rings. The van der Waals surface area contributed by atoms with Crippen LogP contribution in [0.2, 0.25) is 0 Å². The fraction of sp³-hybridized carbons (Fsp3) is 0.280. The number of nitrogen functional groups attached to an aromatic ring is 1. The first-order valence-corrected chi connectivity index (χ1v) is 12.3. The van der Waals surface area contributed by atoms with Crippen LogP contribution >= 0.6 is 11.8 Å². The SMILES string of the molecule is CC(C)CCN(C(=O)CSc1nc2ccccc2o1)c1c(N)n(Cc2ccccc2)c(=O)[nH]c1=O. The predicted octanol–water partition coefficient (Wildman–Crippen LogP) is 3.48. The number of aromatic nitrogens is 3. The van der Waals surface area contributed by atoms with Crippen LogP contribution in [0.5, 0.6) is 0 Å². The fourth-order valence-electron chi connectivity index (χ4n) is 3.62. The quantitative estimate of drug-likeness (QED) is 0.342. The summed E-state index contributed by atoms with van der Waals surface area (Å²) in [7, 11) is 0. The van der Waals surface area contributed by atoms with Crippen LogP contribution < -0.4 is 21.9 Å². The number of benzene rings is 2. The van der Waals surface area contributed by atoms with Crippen molar-refractivity contribution in [1.29, 1.82) is 0 Å². The van der Waals surface area contributed by atoms with Crippen molar-refractivity contribution in [3.05, 3.63) is 81.0 Å². The number of hydrogen-bond donors (Lipinski definition) is 2. The molecule has 2 heterocycles. The van der Waals surface area contributed by atoms with E-state index >= 15 is 0 Å². The van der Waals surface area contributed by atoms with Gasteiger partial charge >= 0.3 is 5.69 Å². The third-order valence-corrected chi connectivity index (χ3v) is 6.30. The van der Waals surface area contributed by atoms with Crippen molar-refractivity contribution in [2.75, 3.05) is 22.9 Å². The predicted molar refractivity (Wildman–Crippen MR) is 138 cm³/mol. The summed E-state index contributed by atoms with van der Waals surface area (Å²) in [4.78, 5) is 46.9. The number of carbonyl (C=O) groups is 1. The highest BCUT2D eigenvalue weighted by atomic mass is 32.2. The Morgan fingerprint density at radius 3 is 2.57 bits per heavy atom. The number of nitrogens with two attached hydrogens (primary N) is 1. The Morgan fingerprint density at radius 1 is 1.14 bits per heavy atom. The first kappa shape index (κ1) is 24.3. The van der Waals surface area contributed by atoms with E-state index in [2.05, 4.69) is 9.97 Å². The highest BCUT2D eigenvalue weighted by Crippen LogP contribution is 2.25. The lowest BCUT2D eigenvalue weighted by molar-refractivity contribution is -0.116. The Hall–Kier alpha value is -3.79. The zero-order valence-corrected chi connectivity index (χ0v) is 20.4. The summed E-state index contributed by atoms with van der Waals surface area (Å²) >= 11 is 1.14. The van der Waals surface area contributed by atoms with Gasteiger partial charge in [0.2, 0.25) is 5.91 Å². The molecule has 0 aliphatic heterocycles. The van der Waals surface area contributed by atoms with Gasteiger partial charge < -0.3 is 15.1 Å². The van der Waals surface area contributed by atoms with E-state index in [0.717, 1.165) is 17.3 Å². The second-order valence-electron chi connectivity index (χ2n) is 8.53. The van der Waals surface area contributed by atoms with E-state index in [1.54, 1.807) is 6.07 Å². The molecule has 0 spiro atoms. The molecule has 9 nitrogen and oxygen atoms in total. The summed E-state index contributed by atoms with van der Waals surface area (Å²) < 4.78 is 6.97. The number of rotatable bonds is 9. The molecule has 0 atom stereocenters. The Labute approximate surface area is 206 Å². The minimum absolute atomic E-state index is 0.0123. The third-order valence-electron chi connectivity index (χ3n) is 5.49. The van der Waals surface area contributed by atoms with E-state index in [0.29, 0.717) is 22.7 Å². The van der Waals surface area contributed by atoms with Crippen molar-refractivity contribution in [1.82, 2.24) is 14.5 Å². The van der Waals surface area contributed by atoms with E-state index in [-0.39, 0.29) is 42.2 Å². The van der Waals surface area contributed by atoms with Crippen LogP contribution in [0.3, 0.4) is 0 Å². The molecule has 1 amide bonds. The van der Waals surface area contributed by atoms with Gasteiger partial charge in [-0.1, -0.05) is 68.1 Å². The van der Waals surface area contributed by atoms with Gasteiger partial charge in [0.05, 0.1) is 12.3 Å². The molecule has 4 rings (SSSR count). The number of anilines is 2. The molecule has 0 saturated carbocycles. The molecule has 0 saturated heterocycles. The number of nitrogens with one attached hydrogen (secondary N) is 1. The van der Waals surface area contributed by atoms with Crippen LogP contribution in [0, 0.1) is 5.92 Å². The van der Waals surface area contributed by atoms with Crippen LogP contribution in [0.4, 0.5) is 11.5 Å². The zero-order chi connectivity index (χ0) is 24.9. The zero-order valence-electron chi connectivity index (χ0n) is 19.6. The van der Waals surface area contributed by atoms with Gasteiger partial charge in [-0.15, -0.1) is 0 Å². The number of thioether (sulfide) groups is 1. The molecule has 0 aliphatic rings. The Kier molecular flexibility index (Phi) is 7.40. The minimum Gasteiger partial charge on any atom is -0.431 e. The fourth-order valence-corrected chi connectivity index (χ4v) is 4.34. The minimum atomic E-state index is -0.694. The second kappa shape index (κ2) is 10.6. The Morgan fingerprint density at radius 2 is 1.86 bits per heavy atom. The van der Waals surface area contributed by atoms with Gasteiger partial charge in [-0.2, -0.15) is 0 Å². The molecule has 2 aromatic carbocycles. The number of carbonyl (C=O) groups excluding carboxylic acids is 1. The molecule has 0 bridgehead atoms. The molecular weight excluding hydrogens is 466 g/mol. The van der Waals surface area contributed by atoms with Crippen molar-refractivity contribution < 1.29 is 9.21 Å². The Bertz CT molecular complexity index is 1410. The highest BCUT2D eigenvalue weighted by molar-refractivity contribution is 7.99. The van der Waals surface area contributed by atoms with Crippen molar-refractivity contribution >= 4 is 40.3 Å². The molecule has 0 unspecified atom stereocenters. The van der Waals surface area contributed by atoms with Crippen molar-refractivity contribution in [2.45, 2.75) is 32.0 Å². The highest BCUT2D eigenvalue weighted by Gasteiger charge is 2.25. The number of H-pyrrole nitrogens is 1. The number of aromatic amines is 1. The van der Waals surface area contributed by atoms with Crippen LogP contribution in [-0.2, 0) is 11.3 Å². The maximum Gasteiger partial charge on any atom is 0.330 e. The molecule has 10 heteroatoms. The summed E-state index contributed by atoms with van der Waals surface area (Å²) in [6.45, 7) is 4.50. The largest absolute Gasteiger partial charge is 0.431 e. The summed E-state index contributed by atoms with van der Waals surface area (Å²) in [5.74, 6) is -0.112. The summed E-state index contributed by atoms with van der Waals surface area (Å²) in [5, 5.41) is 0.360. The third kappa shape index (κ3) is 5.65. The molecular formula is C25H27N5O4S. The molecule has 4 aromatic rings. The lowest BCUT2D eigenvalue weighted by atomic mass is 10.1. The van der Waals surface area contributed by atoms with Gasteiger partial charge in [0.25, 0.3) is 10.8 Å². The van der Waals surface area contributed by atoms with E-state index in [1.807, 2.05) is 62.4 Å². The first-order valence-electron chi connectivity index (χ1n) is 11.3. The average molecular weight is 494 g/mol. The normalized spacial score (nSPS) is 11.3. The second-order valence-corrected chi connectivity index (χ2v) is 9.46. The monoisotopic (exact) mass is 493 g/mol. The Balaban J connectivity index is 1.64. The number of hydrogen-bond acceptors (Lipinski definition) is 7. The standard InChI is InChI=1S/C25H27N5O4S/c1-16(2)12-13-29(20(31)15-35-25-27-18-10-6-7-11-19(18)34-25)21-22(26)30(24(33)28-23(21)32)14-17-8-4-3-5-9-17/h3-11,16H,12-15,26H2,1-2H3,(H,28,32,33). The number of oxazole rings is 1. The van der Waals surface area contributed by atoms with Crippen molar-refractivity contribution in [3.63, 3.8) is 0 Å². The van der Waals surface area contributed by atoms with Crippen LogP contribution in [0.1, 0.15) is 25.8 Å². The number of amides is 1. The average Bonchev–Trinajstić information content (AvgIpc) is 3.26. The lowest BCUT2D eigenvalue weighted by Crippen LogP contribution is -2.42. The molecule has 2 aromatic heterocycles. The van der Waals surface area contributed by atoms with Crippen LogP contribution in [-0.4, -0.2) is 32.7 Å². The van der Waals surface area contributed by atoms with Gasteiger partial charge in [-0.3, -0.25) is 19.1 Å². The number of nitrogens with zero attached hydrogens (tertiary/aromatic N) is 3. The van der Waals surface area contributed by atoms with Gasteiger partial charge in [0, 0.05) is 6.54 Å². The van der Waals surface area contributed by atoms with E-state index < -0.39 is 11.2 Å². The van der Waals surface area contributed by atoms with Gasteiger partial charge in [-0.05, 0) is 30.0 Å². The number of para-hydroxylation sites is 2. The van der Waals surface area contributed by atoms with Crippen LogP contribution in [0.15, 0.2) is 73.8 Å². The van der Waals surface area contributed by atoms with Gasteiger partial charge in [-0.25, -0.2) is 9.78 Å². The van der Waals surface area contributed by atoms with E-state index in [9.17, 15) is 14.4 Å². The molecule has 0 radical (unpaired) electrons. The van der Waals surface area contributed by atoms with Crippen LogP contribution in [0.25, 0.3) is 11.1 Å². The molecule has 35 heavy (non-hydrogen) atoms.